The molecule has 0 atom stereocenters. The zero-order chi connectivity index (χ0) is 13.7. The van der Waals surface area contributed by atoms with E-state index in [0.29, 0.717) is 6.04 Å². The molecular formula is C15H22N2O2. The number of carbonyl (C=O) groups is 1. The van der Waals surface area contributed by atoms with Gasteiger partial charge in [-0.15, -0.1) is 0 Å². The second kappa shape index (κ2) is 6.57. The maximum atomic E-state index is 12.2. The zero-order valence-electron chi connectivity index (χ0n) is 11.7. The fraction of sp³-hybridized carbons (Fsp3) is 0.533. The predicted octanol–water partition coefficient (Wildman–Crippen LogP) is 1.91. The molecule has 4 nitrogen and oxygen atoms in total. The number of ether oxygens (including phenoxy) is 1. The van der Waals surface area contributed by atoms with Crippen molar-refractivity contribution in [3.8, 4) is 5.75 Å². The summed E-state index contributed by atoms with van der Waals surface area (Å²) in [4.78, 5) is 14.0. The molecule has 0 aromatic heterocycles. The van der Waals surface area contributed by atoms with E-state index in [1.807, 2.05) is 36.2 Å². The van der Waals surface area contributed by atoms with E-state index >= 15 is 0 Å². The summed E-state index contributed by atoms with van der Waals surface area (Å²) in [5, 5.41) is 3.17. The number of rotatable bonds is 6. The Hall–Kier alpha value is -1.55. The van der Waals surface area contributed by atoms with Crippen molar-refractivity contribution in [2.45, 2.75) is 25.8 Å². The van der Waals surface area contributed by atoms with Crippen LogP contribution in [0.2, 0.25) is 0 Å². The van der Waals surface area contributed by atoms with Gasteiger partial charge in [-0.3, -0.25) is 4.79 Å². The summed E-state index contributed by atoms with van der Waals surface area (Å²) in [6, 6.07) is 7.75. The number of carbonyl (C=O) groups excluding carboxylic acids is 1. The molecule has 1 amide bonds. The Morgan fingerprint density at radius 2 is 2.05 bits per heavy atom. The number of hydrogen-bond acceptors (Lipinski definition) is 3. The Bertz CT molecular complexity index is 413. The Kier molecular flexibility index (Phi) is 4.80. The lowest BCUT2D eigenvalue weighted by molar-refractivity contribution is 0.0681. The van der Waals surface area contributed by atoms with Crippen molar-refractivity contribution in [2.75, 3.05) is 26.7 Å². The van der Waals surface area contributed by atoms with Crippen LogP contribution >= 0.6 is 0 Å². The van der Waals surface area contributed by atoms with Gasteiger partial charge in [0.1, 0.15) is 5.75 Å². The van der Waals surface area contributed by atoms with E-state index < -0.39 is 0 Å². The molecule has 0 unspecified atom stereocenters. The van der Waals surface area contributed by atoms with E-state index in [1.165, 1.54) is 0 Å². The first-order chi connectivity index (χ1) is 9.22. The van der Waals surface area contributed by atoms with E-state index in [0.717, 1.165) is 43.9 Å². The third-order valence-corrected chi connectivity index (χ3v) is 3.50. The van der Waals surface area contributed by atoms with Gasteiger partial charge in [-0.05, 0) is 30.7 Å². The zero-order valence-corrected chi connectivity index (χ0v) is 11.7. The minimum Gasteiger partial charge on any atom is -0.494 e. The van der Waals surface area contributed by atoms with Crippen molar-refractivity contribution in [1.82, 2.24) is 10.2 Å². The average Bonchev–Trinajstić information content (AvgIpc) is 2.37. The number of likely N-dealkylation sites (N-methyl/N-ethyl adjacent to an activating group) is 1. The van der Waals surface area contributed by atoms with Gasteiger partial charge >= 0.3 is 0 Å². The Labute approximate surface area is 114 Å². The summed E-state index contributed by atoms with van der Waals surface area (Å²) < 4.78 is 5.59. The first-order valence-corrected chi connectivity index (χ1v) is 6.93. The van der Waals surface area contributed by atoms with Crippen molar-refractivity contribution < 1.29 is 9.53 Å². The summed E-state index contributed by atoms with van der Waals surface area (Å²) in [5.74, 6) is 0.907. The Balaban J connectivity index is 1.91. The highest BCUT2D eigenvalue weighted by Gasteiger charge is 2.25. The highest BCUT2D eigenvalue weighted by atomic mass is 16.5. The van der Waals surface area contributed by atoms with Crippen LogP contribution in [0.3, 0.4) is 0 Å². The third-order valence-electron chi connectivity index (χ3n) is 3.50. The molecule has 2 rings (SSSR count). The first-order valence-electron chi connectivity index (χ1n) is 6.93. The quantitative estimate of drug-likeness (QED) is 0.796. The minimum atomic E-state index is 0.0756. The van der Waals surface area contributed by atoms with Gasteiger partial charge in [0.05, 0.1) is 12.6 Å². The summed E-state index contributed by atoms with van der Waals surface area (Å²) in [7, 11) is 1.86. The van der Waals surface area contributed by atoms with Crippen LogP contribution in [0.15, 0.2) is 24.3 Å². The normalized spacial score (nSPS) is 14.8. The highest BCUT2D eigenvalue weighted by Crippen LogP contribution is 2.15. The topological polar surface area (TPSA) is 41.6 Å². The van der Waals surface area contributed by atoms with E-state index in [2.05, 4.69) is 12.2 Å². The van der Waals surface area contributed by atoms with E-state index in [-0.39, 0.29) is 5.91 Å². The molecule has 104 valence electrons. The summed E-state index contributed by atoms with van der Waals surface area (Å²) in [6.45, 7) is 4.65. The maximum Gasteiger partial charge on any atom is 0.253 e. The van der Waals surface area contributed by atoms with Gasteiger partial charge in [0, 0.05) is 25.7 Å². The smallest absolute Gasteiger partial charge is 0.253 e. The number of hydrogen-bond donors (Lipinski definition) is 1. The van der Waals surface area contributed by atoms with Gasteiger partial charge < -0.3 is 15.0 Å². The number of benzene rings is 1. The van der Waals surface area contributed by atoms with Gasteiger partial charge in [-0.2, -0.15) is 0 Å². The monoisotopic (exact) mass is 262 g/mol. The van der Waals surface area contributed by atoms with Crippen LogP contribution in [0.1, 0.15) is 30.1 Å². The number of nitrogens with zero attached hydrogens (tertiary/aromatic N) is 1. The molecule has 1 N–H and O–H groups in total. The number of amides is 1. The summed E-state index contributed by atoms with van der Waals surface area (Å²) >= 11 is 0. The molecule has 19 heavy (non-hydrogen) atoms. The molecule has 1 heterocycles. The molecule has 0 aliphatic carbocycles. The summed E-state index contributed by atoms with van der Waals surface area (Å²) in [5.41, 5.74) is 0.720. The molecule has 1 aliphatic rings. The first kappa shape index (κ1) is 13.9. The standard InChI is InChI=1S/C15H22N2O2/c1-3-4-9-19-14-7-5-12(6-8-14)15(18)17(2)13-10-16-11-13/h5-8,13,16H,3-4,9-11H2,1-2H3. The molecule has 0 spiro atoms. The molecule has 1 fully saturated rings. The molecule has 0 saturated carbocycles. The van der Waals surface area contributed by atoms with Crippen LogP contribution in [0.4, 0.5) is 0 Å². The molecule has 1 saturated heterocycles. The fourth-order valence-electron chi connectivity index (χ4n) is 1.94. The van der Waals surface area contributed by atoms with Gasteiger partial charge in [0.2, 0.25) is 0 Å². The van der Waals surface area contributed by atoms with E-state index in [1.54, 1.807) is 0 Å². The van der Waals surface area contributed by atoms with Crippen LogP contribution in [0.5, 0.6) is 5.75 Å². The van der Waals surface area contributed by atoms with Crippen LogP contribution in [0, 0.1) is 0 Å². The van der Waals surface area contributed by atoms with Gasteiger partial charge in [0.25, 0.3) is 5.91 Å². The van der Waals surface area contributed by atoms with Crippen molar-refractivity contribution >= 4 is 5.91 Å². The molecule has 1 aromatic rings. The van der Waals surface area contributed by atoms with E-state index in [4.69, 9.17) is 4.74 Å². The second-order valence-corrected chi connectivity index (χ2v) is 4.95. The third kappa shape index (κ3) is 3.47. The second-order valence-electron chi connectivity index (χ2n) is 4.95. The summed E-state index contributed by atoms with van der Waals surface area (Å²) in [6.07, 6.45) is 2.18. The number of nitrogens with one attached hydrogen (secondary N) is 1. The number of unbranched alkanes of at least 4 members (excludes halogenated alkanes) is 1. The minimum absolute atomic E-state index is 0.0756. The maximum absolute atomic E-state index is 12.2. The Morgan fingerprint density at radius 1 is 1.37 bits per heavy atom. The predicted molar refractivity (Wildman–Crippen MR) is 75.6 cm³/mol. The van der Waals surface area contributed by atoms with Crippen LogP contribution in [0.25, 0.3) is 0 Å². The van der Waals surface area contributed by atoms with Gasteiger partial charge in [-0.25, -0.2) is 0 Å². The lowest BCUT2D eigenvalue weighted by Gasteiger charge is -2.35. The molecular weight excluding hydrogens is 240 g/mol. The molecule has 4 heteroatoms. The molecule has 0 bridgehead atoms. The SMILES string of the molecule is CCCCOc1ccc(C(=O)N(C)C2CNC2)cc1. The van der Waals surface area contributed by atoms with E-state index in [9.17, 15) is 4.79 Å². The highest BCUT2D eigenvalue weighted by molar-refractivity contribution is 5.94. The molecule has 1 aliphatic heterocycles. The largest absolute Gasteiger partial charge is 0.494 e. The van der Waals surface area contributed by atoms with Crippen molar-refractivity contribution in [3.63, 3.8) is 0 Å². The van der Waals surface area contributed by atoms with Crippen molar-refractivity contribution in [3.05, 3.63) is 29.8 Å². The van der Waals surface area contributed by atoms with Gasteiger partial charge in [-0.1, -0.05) is 13.3 Å². The molecule has 1 aromatic carbocycles. The van der Waals surface area contributed by atoms with Crippen molar-refractivity contribution in [2.24, 2.45) is 0 Å². The van der Waals surface area contributed by atoms with Crippen molar-refractivity contribution in [1.29, 1.82) is 0 Å². The van der Waals surface area contributed by atoms with Crippen LogP contribution in [-0.2, 0) is 0 Å². The van der Waals surface area contributed by atoms with Crippen LogP contribution in [-0.4, -0.2) is 43.6 Å². The fourth-order valence-corrected chi connectivity index (χ4v) is 1.94. The van der Waals surface area contributed by atoms with Gasteiger partial charge in [0.15, 0.2) is 0 Å². The molecule has 0 radical (unpaired) electrons. The lowest BCUT2D eigenvalue weighted by atomic mass is 10.1. The lowest BCUT2D eigenvalue weighted by Crippen LogP contribution is -2.57. The average molecular weight is 262 g/mol. The Morgan fingerprint density at radius 3 is 2.58 bits per heavy atom. The van der Waals surface area contributed by atoms with Crippen LogP contribution < -0.4 is 10.1 Å².